The van der Waals surface area contributed by atoms with Crippen molar-refractivity contribution >= 4 is 0 Å². The van der Waals surface area contributed by atoms with Gasteiger partial charge in [-0.15, -0.1) is 0 Å². The lowest BCUT2D eigenvalue weighted by Gasteiger charge is -2.25. The highest BCUT2D eigenvalue weighted by Gasteiger charge is 2.15. The highest BCUT2D eigenvalue weighted by atomic mass is 19.1. The minimum Gasteiger partial charge on any atom is -0.379 e. The molecule has 1 fully saturated rings. The summed E-state index contributed by atoms with van der Waals surface area (Å²) < 4.78 is 17.2. The number of halogens is 1. The Morgan fingerprint density at radius 1 is 1.13 bits per heavy atom. The number of nitrogens with zero attached hydrogens (tertiary/aromatic N) is 4. The molecule has 0 aliphatic carbocycles. The van der Waals surface area contributed by atoms with Crippen LogP contribution in [0.15, 0.2) is 30.3 Å². The zero-order chi connectivity index (χ0) is 16.5. The summed E-state index contributed by atoms with van der Waals surface area (Å²) in [5.74, 6) is -0.178. The molecule has 1 saturated heterocycles. The van der Waals surface area contributed by atoms with Gasteiger partial charge in [0.05, 0.1) is 13.2 Å². The molecule has 23 heavy (non-hydrogen) atoms. The van der Waals surface area contributed by atoms with E-state index in [1.54, 1.807) is 18.2 Å². The standard InChI is InChI=1S/C10H19N5O.C6H5F/c1-14(2)7-9-10(12-13-11-9)8-15-3-5-16-6-4-15;7-6-4-2-1-3-5-6/h3-8H2,1-2H3,(H,11,12,13);1-5H. The van der Waals surface area contributed by atoms with Crippen LogP contribution in [0.4, 0.5) is 4.39 Å². The quantitative estimate of drug-likeness (QED) is 0.925. The van der Waals surface area contributed by atoms with E-state index in [4.69, 9.17) is 4.74 Å². The van der Waals surface area contributed by atoms with E-state index in [-0.39, 0.29) is 5.82 Å². The first-order valence-corrected chi connectivity index (χ1v) is 7.69. The fourth-order valence-electron chi connectivity index (χ4n) is 2.21. The van der Waals surface area contributed by atoms with Crippen molar-refractivity contribution in [2.45, 2.75) is 13.1 Å². The molecule has 0 radical (unpaired) electrons. The Hall–Kier alpha value is -1.83. The van der Waals surface area contributed by atoms with Crippen LogP contribution in [0.2, 0.25) is 0 Å². The topological polar surface area (TPSA) is 57.3 Å². The van der Waals surface area contributed by atoms with Crippen LogP contribution < -0.4 is 0 Å². The monoisotopic (exact) mass is 321 g/mol. The Morgan fingerprint density at radius 3 is 2.35 bits per heavy atom. The van der Waals surface area contributed by atoms with Gasteiger partial charge in [0.25, 0.3) is 0 Å². The number of benzene rings is 1. The fraction of sp³-hybridized carbons (Fsp3) is 0.500. The number of hydrogen-bond donors (Lipinski definition) is 1. The summed E-state index contributed by atoms with van der Waals surface area (Å²) in [4.78, 5) is 4.45. The SMILES string of the molecule is CN(C)Cc1n[nH]nc1CN1CCOCC1.Fc1ccccc1. The minimum atomic E-state index is -0.178. The summed E-state index contributed by atoms with van der Waals surface area (Å²) in [6, 6.07) is 7.94. The molecule has 2 heterocycles. The van der Waals surface area contributed by atoms with Gasteiger partial charge in [0.15, 0.2) is 0 Å². The first kappa shape index (κ1) is 17.5. The van der Waals surface area contributed by atoms with Gasteiger partial charge in [0.2, 0.25) is 0 Å². The summed E-state index contributed by atoms with van der Waals surface area (Å²) in [6.45, 7) is 5.30. The van der Waals surface area contributed by atoms with E-state index >= 15 is 0 Å². The van der Waals surface area contributed by atoms with Gasteiger partial charge >= 0.3 is 0 Å². The van der Waals surface area contributed by atoms with Crippen LogP contribution in [0.1, 0.15) is 11.4 Å². The Kier molecular flexibility index (Phi) is 7.12. The third-order valence-corrected chi connectivity index (χ3v) is 3.38. The second kappa shape index (κ2) is 9.34. The lowest BCUT2D eigenvalue weighted by molar-refractivity contribution is 0.0334. The van der Waals surface area contributed by atoms with E-state index in [1.165, 1.54) is 12.1 Å². The molecule has 1 aromatic carbocycles. The summed E-state index contributed by atoms with van der Waals surface area (Å²) in [6.07, 6.45) is 0. The average molecular weight is 321 g/mol. The van der Waals surface area contributed by atoms with Crippen molar-refractivity contribution in [3.63, 3.8) is 0 Å². The normalized spacial score (nSPS) is 15.3. The van der Waals surface area contributed by atoms with Crippen molar-refractivity contribution in [3.8, 4) is 0 Å². The van der Waals surface area contributed by atoms with Gasteiger partial charge in [-0.25, -0.2) is 4.39 Å². The molecule has 1 aromatic heterocycles. The number of morpholine rings is 1. The van der Waals surface area contributed by atoms with Crippen LogP contribution in [-0.4, -0.2) is 65.6 Å². The van der Waals surface area contributed by atoms with E-state index in [2.05, 4.69) is 25.2 Å². The maximum absolute atomic E-state index is 11.9. The van der Waals surface area contributed by atoms with Crippen molar-refractivity contribution in [1.82, 2.24) is 25.2 Å². The van der Waals surface area contributed by atoms with E-state index < -0.39 is 0 Å². The highest BCUT2D eigenvalue weighted by molar-refractivity contribution is 5.08. The van der Waals surface area contributed by atoms with Gasteiger partial charge in [-0.1, -0.05) is 18.2 Å². The van der Waals surface area contributed by atoms with Crippen LogP contribution in [0.5, 0.6) is 0 Å². The number of nitrogens with one attached hydrogen (secondary N) is 1. The summed E-state index contributed by atoms with van der Waals surface area (Å²) in [7, 11) is 4.07. The van der Waals surface area contributed by atoms with Crippen LogP contribution in [0, 0.1) is 5.82 Å². The van der Waals surface area contributed by atoms with Crippen LogP contribution in [-0.2, 0) is 17.8 Å². The van der Waals surface area contributed by atoms with E-state index in [1.807, 2.05) is 14.1 Å². The van der Waals surface area contributed by atoms with Crippen LogP contribution in [0.25, 0.3) is 0 Å². The molecule has 1 N–H and O–H groups in total. The number of H-pyrrole nitrogens is 1. The second-order valence-electron chi connectivity index (χ2n) is 5.64. The van der Waals surface area contributed by atoms with Crippen molar-refractivity contribution in [2.75, 3.05) is 40.4 Å². The zero-order valence-electron chi connectivity index (χ0n) is 13.7. The maximum Gasteiger partial charge on any atom is 0.123 e. The highest BCUT2D eigenvalue weighted by Crippen LogP contribution is 2.08. The molecule has 0 atom stereocenters. The molecule has 0 saturated carbocycles. The van der Waals surface area contributed by atoms with Gasteiger partial charge in [-0.2, -0.15) is 15.4 Å². The van der Waals surface area contributed by atoms with Gasteiger partial charge in [-0.3, -0.25) is 4.90 Å². The predicted octanol–water partition coefficient (Wildman–Crippen LogP) is 1.52. The number of rotatable bonds is 4. The van der Waals surface area contributed by atoms with Gasteiger partial charge in [0, 0.05) is 26.2 Å². The number of hydrogen-bond acceptors (Lipinski definition) is 5. The van der Waals surface area contributed by atoms with E-state index in [0.29, 0.717) is 0 Å². The smallest absolute Gasteiger partial charge is 0.123 e. The molecule has 0 spiro atoms. The maximum atomic E-state index is 11.9. The molecular weight excluding hydrogens is 297 g/mol. The van der Waals surface area contributed by atoms with Gasteiger partial charge < -0.3 is 9.64 Å². The lowest BCUT2D eigenvalue weighted by Crippen LogP contribution is -2.36. The van der Waals surface area contributed by atoms with Crippen molar-refractivity contribution in [2.24, 2.45) is 0 Å². The van der Waals surface area contributed by atoms with Crippen molar-refractivity contribution < 1.29 is 9.13 Å². The molecule has 0 bridgehead atoms. The second-order valence-corrected chi connectivity index (χ2v) is 5.64. The lowest BCUT2D eigenvalue weighted by atomic mass is 10.2. The van der Waals surface area contributed by atoms with Crippen molar-refractivity contribution in [1.29, 1.82) is 0 Å². The largest absolute Gasteiger partial charge is 0.379 e. The Labute approximate surface area is 136 Å². The third kappa shape index (κ3) is 6.43. The Bertz CT molecular complexity index is 555. The average Bonchev–Trinajstić information content (AvgIpc) is 2.96. The van der Waals surface area contributed by atoms with E-state index in [0.717, 1.165) is 50.8 Å². The molecule has 126 valence electrons. The van der Waals surface area contributed by atoms with Crippen molar-refractivity contribution in [3.05, 3.63) is 47.5 Å². The molecule has 6 nitrogen and oxygen atoms in total. The molecule has 0 amide bonds. The molecule has 1 aliphatic heterocycles. The predicted molar refractivity (Wildman–Crippen MR) is 86.3 cm³/mol. The zero-order valence-corrected chi connectivity index (χ0v) is 13.7. The van der Waals surface area contributed by atoms with Crippen LogP contribution in [0.3, 0.4) is 0 Å². The van der Waals surface area contributed by atoms with Gasteiger partial charge in [-0.05, 0) is 26.2 Å². The molecular formula is C16H24FN5O. The fourth-order valence-corrected chi connectivity index (χ4v) is 2.21. The molecule has 1 aliphatic rings. The Morgan fingerprint density at radius 2 is 1.78 bits per heavy atom. The number of aromatic amines is 1. The molecule has 2 aromatic rings. The first-order chi connectivity index (χ1) is 11.1. The summed E-state index contributed by atoms with van der Waals surface area (Å²) in [5, 5.41) is 11.1. The summed E-state index contributed by atoms with van der Waals surface area (Å²) >= 11 is 0. The molecule has 3 rings (SSSR count). The molecule has 0 unspecified atom stereocenters. The van der Waals surface area contributed by atoms with E-state index in [9.17, 15) is 4.39 Å². The molecule has 7 heteroatoms. The Balaban J connectivity index is 0.000000229. The minimum absolute atomic E-state index is 0.178. The summed E-state index contributed by atoms with van der Waals surface area (Å²) in [5.41, 5.74) is 2.09. The number of ether oxygens (including phenoxy) is 1. The van der Waals surface area contributed by atoms with Crippen LogP contribution >= 0.6 is 0 Å². The third-order valence-electron chi connectivity index (χ3n) is 3.38. The van der Waals surface area contributed by atoms with Gasteiger partial charge in [0.1, 0.15) is 17.2 Å². The number of aromatic nitrogens is 3. The first-order valence-electron chi connectivity index (χ1n) is 7.69.